The minimum atomic E-state index is -2.82. The van der Waals surface area contributed by atoms with Crippen molar-refractivity contribution in [1.29, 1.82) is 0 Å². The Balaban J connectivity index is 1.91. The van der Waals surface area contributed by atoms with Crippen LogP contribution in [0.1, 0.15) is 49.5 Å². The van der Waals surface area contributed by atoms with Crippen LogP contribution in [0.5, 0.6) is 0 Å². The highest BCUT2D eigenvalue weighted by Gasteiger charge is 2.60. The third-order valence-corrected chi connectivity index (χ3v) is 6.49. The molecule has 180 valence electrons. The fourth-order valence-corrected chi connectivity index (χ4v) is 4.65. The molecule has 2 unspecified atom stereocenters. The number of benzene rings is 2. The number of ether oxygens (including phenoxy) is 1. The van der Waals surface area contributed by atoms with Crippen molar-refractivity contribution in [2.45, 2.75) is 51.7 Å². The summed E-state index contributed by atoms with van der Waals surface area (Å²) in [7, 11) is 0. The number of amides is 1. The van der Waals surface area contributed by atoms with Gasteiger partial charge in [0.15, 0.2) is 11.6 Å². The zero-order valence-electron chi connectivity index (χ0n) is 19.2. The molecule has 7 nitrogen and oxygen atoms in total. The first-order chi connectivity index (χ1) is 15.9. The van der Waals surface area contributed by atoms with Crippen molar-refractivity contribution in [3.63, 3.8) is 0 Å². The Hall–Kier alpha value is -3.30. The summed E-state index contributed by atoms with van der Waals surface area (Å²) in [6.45, 7) is 6.45. The monoisotopic (exact) mass is 472 g/mol. The van der Waals surface area contributed by atoms with Crippen LogP contribution in [-0.4, -0.2) is 45.0 Å². The second-order valence-electron chi connectivity index (χ2n) is 9.39. The molecular weight excluding hydrogens is 446 g/mol. The van der Waals surface area contributed by atoms with Crippen LogP contribution in [0.4, 0.5) is 14.5 Å². The van der Waals surface area contributed by atoms with Crippen molar-refractivity contribution in [3.8, 4) is 0 Å². The zero-order valence-corrected chi connectivity index (χ0v) is 19.2. The number of anilines is 1. The summed E-state index contributed by atoms with van der Waals surface area (Å²) >= 11 is 0. The molecule has 3 N–H and O–H groups in total. The molecule has 0 aliphatic carbocycles. The summed E-state index contributed by atoms with van der Waals surface area (Å²) in [5, 5.41) is 26.1. The van der Waals surface area contributed by atoms with E-state index < -0.39 is 52.9 Å². The number of esters is 1. The summed E-state index contributed by atoms with van der Waals surface area (Å²) in [6.07, 6.45) is 0.551. The van der Waals surface area contributed by atoms with E-state index in [0.29, 0.717) is 16.7 Å². The van der Waals surface area contributed by atoms with Gasteiger partial charge in [0.1, 0.15) is 0 Å². The number of hydrogen-bond donors (Lipinski definition) is 3. The number of hydrogen-bond acceptors (Lipinski definition) is 6. The number of nitrogens with one attached hydrogen (secondary N) is 1. The van der Waals surface area contributed by atoms with Gasteiger partial charge in [0.2, 0.25) is 0 Å². The molecule has 2 aliphatic rings. The summed E-state index contributed by atoms with van der Waals surface area (Å²) in [5.41, 5.74) is -0.332. The molecule has 34 heavy (non-hydrogen) atoms. The number of rotatable bonds is 3. The lowest BCUT2D eigenvalue weighted by Crippen LogP contribution is -2.60. The fourth-order valence-electron chi connectivity index (χ4n) is 4.65. The number of nitrogens with zero attached hydrogens (tertiary/aromatic N) is 1. The second-order valence-corrected chi connectivity index (χ2v) is 9.39. The number of para-hydroxylation sites is 1. The molecule has 4 rings (SSSR count). The normalized spacial score (nSPS) is 22.3. The summed E-state index contributed by atoms with van der Waals surface area (Å²) in [4.78, 5) is 27.1. The first-order valence-corrected chi connectivity index (χ1v) is 10.9. The molecule has 2 aromatic rings. The smallest absolute Gasteiger partial charge is 0.337 e. The highest BCUT2D eigenvalue weighted by Crippen LogP contribution is 2.55. The maximum Gasteiger partial charge on any atom is 0.337 e. The van der Waals surface area contributed by atoms with Crippen molar-refractivity contribution in [3.05, 3.63) is 77.0 Å². The quantitative estimate of drug-likeness (QED) is 0.467. The Bertz CT molecular complexity index is 1190. The lowest BCUT2D eigenvalue weighted by atomic mass is 9.69. The van der Waals surface area contributed by atoms with Crippen molar-refractivity contribution < 1.29 is 33.3 Å². The molecule has 9 heteroatoms. The van der Waals surface area contributed by atoms with Gasteiger partial charge >= 0.3 is 5.97 Å². The van der Waals surface area contributed by atoms with E-state index in [0.717, 1.165) is 23.9 Å². The molecule has 0 bridgehead atoms. The Morgan fingerprint density at radius 2 is 1.76 bits per heavy atom. The molecule has 2 aliphatic heterocycles. The van der Waals surface area contributed by atoms with E-state index in [4.69, 9.17) is 4.74 Å². The van der Waals surface area contributed by atoms with Gasteiger partial charge in [0, 0.05) is 28.8 Å². The van der Waals surface area contributed by atoms with Gasteiger partial charge < -0.3 is 20.3 Å². The molecule has 0 radical (unpaired) electrons. The second kappa shape index (κ2) is 8.18. The van der Waals surface area contributed by atoms with Crippen LogP contribution in [-0.2, 0) is 9.53 Å². The van der Waals surface area contributed by atoms with E-state index in [2.05, 4.69) is 5.32 Å². The van der Waals surface area contributed by atoms with E-state index in [1.165, 1.54) is 0 Å². The molecular formula is C25H26F2N2O5. The summed E-state index contributed by atoms with van der Waals surface area (Å²) in [5.74, 6) is -7.68. The first-order valence-electron chi connectivity index (χ1n) is 10.9. The number of aliphatic hydroxyl groups is 2. The third kappa shape index (κ3) is 3.65. The van der Waals surface area contributed by atoms with E-state index in [9.17, 15) is 28.6 Å². The van der Waals surface area contributed by atoms with Gasteiger partial charge in [-0.05, 0) is 43.7 Å². The number of carbonyl (C=O) groups excluding carboxylic acids is 2. The van der Waals surface area contributed by atoms with Crippen LogP contribution < -0.4 is 5.32 Å². The van der Waals surface area contributed by atoms with Crippen LogP contribution in [0, 0.1) is 17.0 Å². The molecule has 0 saturated heterocycles. The zero-order chi connectivity index (χ0) is 25.0. The first kappa shape index (κ1) is 23.8. The van der Waals surface area contributed by atoms with Crippen LogP contribution in [0.3, 0.4) is 0 Å². The van der Waals surface area contributed by atoms with Crippen LogP contribution in [0.15, 0.2) is 54.2 Å². The predicted octanol–water partition coefficient (Wildman–Crippen LogP) is 3.50. The van der Waals surface area contributed by atoms with Gasteiger partial charge in [-0.3, -0.25) is 9.69 Å². The Kier molecular flexibility index (Phi) is 5.73. The third-order valence-electron chi connectivity index (χ3n) is 6.49. The summed E-state index contributed by atoms with van der Waals surface area (Å²) < 4.78 is 32.7. The average Bonchev–Trinajstić information content (AvgIpc) is 3.12. The van der Waals surface area contributed by atoms with Crippen molar-refractivity contribution in [2.75, 3.05) is 5.32 Å². The van der Waals surface area contributed by atoms with E-state index in [1.54, 1.807) is 33.8 Å². The minimum Gasteiger partial charge on any atom is -0.460 e. The van der Waals surface area contributed by atoms with Crippen molar-refractivity contribution in [2.24, 2.45) is 5.41 Å². The molecule has 0 aromatic heterocycles. The van der Waals surface area contributed by atoms with Crippen LogP contribution in [0.2, 0.25) is 0 Å². The number of halogens is 2. The molecule has 2 atom stereocenters. The van der Waals surface area contributed by atoms with E-state index >= 15 is 0 Å². The maximum absolute atomic E-state index is 13.9. The van der Waals surface area contributed by atoms with Crippen molar-refractivity contribution >= 4 is 17.6 Å². The minimum absolute atomic E-state index is 0.0103. The molecule has 0 spiro atoms. The molecule has 2 heterocycles. The lowest BCUT2D eigenvalue weighted by Gasteiger charge is -2.46. The standard InChI is InChI=1S/C25H26F2N2O5/c1-13(2)34-23(31)16-12-29(22(30)14-9-10-17(26)18(27)11-14)25(32,33)24(3,4)20-15-7-5-6-8-19(15)28-21(16)20/h5-13,20-21,28,32-33H,1-4H3. The van der Waals surface area contributed by atoms with Gasteiger partial charge in [-0.15, -0.1) is 0 Å². The maximum atomic E-state index is 13.9. The van der Waals surface area contributed by atoms with Crippen molar-refractivity contribution in [1.82, 2.24) is 4.90 Å². The van der Waals surface area contributed by atoms with E-state index in [1.807, 2.05) is 18.2 Å². The van der Waals surface area contributed by atoms with Gasteiger partial charge in [-0.25, -0.2) is 13.6 Å². The Morgan fingerprint density at radius 3 is 2.41 bits per heavy atom. The van der Waals surface area contributed by atoms with Gasteiger partial charge in [-0.1, -0.05) is 32.0 Å². The predicted molar refractivity (Wildman–Crippen MR) is 119 cm³/mol. The van der Waals surface area contributed by atoms with Gasteiger partial charge in [0.25, 0.3) is 11.8 Å². The topological polar surface area (TPSA) is 99.1 Å². The van der Waals surface area contributed by atoms with E-state index in [-0.39, 0.29) is 11.1 Å². The average molecular weight is 472 g/mol. The summed E-state index contributed by atoms with van der Waals surface area (Å²) in [6, 6.07) is 8.94. The SMILES string of the molecule is CC(C)OC(=O)C1=CN(C(=O)c2ccc(F)c(F)c2)C(O)(O)C(C)(C)C2c3ccccc3NC12. The van der Waals surface area contributed by atoms with Crippen LogP contribution in [0.25, 0.3) is 0 Å². The Labute approximate surface area is 195 Å². The van der Waals surface area contributed by atoms with Crippen LogP contribution >= 0.6 is 0 Å². The lowest BCUT2D eigenvalue weighted by molar-refractivity contribution is -0.298. The molecule has 1 amide bonds. The number of fused-ring (bicyclic) bond motifs is 3. The largest absolute Gasteiger partial charge is 0.460 e. The number of carbonyl (C=O) groups is 2. The molecule has 0 saturated carbocycles. The molecule has 2 aromatic carbocycles. The Morgan fingerprint density at radius 1 is 1.09 bits per heavy atom. The highest BCUT2D eigenvalue weighted by atomic mass is 19.2. The van der Waals surface area contributed by atoms with Gasteiger partial charge in [-0.2, -0.15) is 0 Å². The molecule has 0 fully saturated rings. The highest BCUT2D eigenvalue weighted by molar-refractivity contribution is 5.98. The fraction of sp³-hybridized carbons (Fsp3) is 0.360. The van der Waals surface area contributed by atoms with Gasteiger partial charge in [0.05, 0.1) is 17.7 Å².